The highest BCUT2D eigenvalue weighted by Crippen LogP contribution is 2.24. The molecular formula is C12H23NO3. The summed E-state index contributed by atoms with van der Waals surface area (Å²) in [5.41, 5.74) is 5.83. The van der Waals surface area contributed by atoms with Crippen LogP contribution in [0.5, 0.6) is 0 Å². The van der Waals surface area contributed by atoms with Crippen LogP contribution in [0.1, 0.15) is 39.5 Å². The van der Waals surface area contributed by atoms with Crippen molar-refractivity contribution in [2.45, 2.75) is 51.7 Å². The van der Waals surface area contributed by atoms with Crippen LogP contribution in [-0.2, 0) is 14.3 Å². The van der Waals surface area contributed by atoms with E-state index in [9.17, 15) is 4.79 Å². The highest BCUT2D eigenvalue weighted by Gasteiger charge is 2.26. The third-order valence-electron chi connectivity index (χ3n) is 2.83. The molecule has 4 heteroatoms. The van der Waals surface area contributed by atoms with Crippen molar-refractivity contribution >= 4 is 5.97 Å². The Bertz CT molecular complexity index is 218. The minimum absolute atomic E-state index is 0.00259. The monoisotopic (exact) mass is 229 g/mol. The zero-order valence-corrected chi connectivity index (χ0v) is 10.3. The van der Waals surface area contributed by atoms with E-state index in [1.54, 1.807) is 0 Å². The zero-order valence-electron chi connectivity index (χ0n) is 10.3. The number of carbonyl (C=O) groups excluding carboxylic acids is 1. The number of esters is 1. The fourth-order valence-electron chi connectivity index (χ4n) is 1.99. The number of ether oxygens (including phenoxy) is 2. The average molecular weight is 229 g/mol. The maximum Gasteiger partial charge on any atom is 0.309 e. The van der Waals surface area contributed by atoms with Gasteiger partial charge in [-0.05, 0) is 33.1 Å². The molecule has 2 N–H and O–H groups in total. The number of rotatable bonds is 5. The Kier molecular flexibility index (Phi) is 5.77. The summed E-state index contributed by atoms with van der Waals surface area (Å²) in [5.74, 6) is -0.106. The SMILES string of the molecule is CC(C)OCCOC(=O)C1CCCC(N)C1. The summed E-state index contributed by atoms with van der Waals surface area (Å²) < 4.78 is 10.5. The summed E-state index contributed by atoms with van der Waals surface area (Å²) in [6.45, 7) is 4.74. The molecule has 1 saturated carbocycles. The largest absolute Gasteiger partial charge is 0.463 e. The van der Waals surface area contributed by atoms with Crippen LogP contribution < -0.4 is 5.73 Å². The van der Waals surface area contributed by atoms with Crippen LogP contribution in [0.2, 0.25) is 0 Å². The topological polar surface area (TPSA) is 61.5 Å². The average Bonchev–Trinajstić information content (AvgIpc) is 2.24. The molecule has 0 amide bonds. The molecule has 1 aliphatic rings. The van der Waals surface area contributed by atoms with Crippen molar-refractivity contribution in [3.63, 3.8) is 0 Å². The molecule has 0 aromatic carbocycles. The summed E-state index contributed by atoms with van der Waals surface area (Å²) in [4.78, 5) is 11.7. The van der Waals surface area contributed by atoms with Crippen LogP contribution in [-0.4, -0.2) is 31.3 Å². The van der Waals surface area contributed by atoms with Gasteiger partial charge in [0.2, 0.25) is 0 Å². The fraction of sp³-hybridized carbons (Fsp3) is 0.917. The van der Waals surface area contributed by atoms with E-state index in [1.165, 1.54) is 0 Å². The van der Waals surface area contributed by atoms with Gasteiger partial charge in [0.05, 0.1) is 18.6 Å². The van der Waals surface area contributed by atoms with Crippen molar-refractivity contribution in [1.82, 2.24) is 0 Å². The van der Waals surface area contributed by atoms with Crippen LogP contribution in [0.4, 0.5) is 0 Å². The first kappa shape index (κ1) is 13.5. The van der Waals surface area contributed by atoms with Gasteiger partial charge in [0.25, 0.3) is 0 Å². The Labute approximate surface area is 97.5 Å². The van der Waals surface area contributed by atoms with Gasteiger partial charge >= 0.3 is 5.97 Å². The lowest BCUT2D eigenvalue weighted by atomic mass is 9.86. The molecule has 2 atom stereocenters. The minimum Gasteiger partial charge on any atom is -0.463 e. The van der Waals surface area contributed by atoms with Gasteiger partial charge in [-0.3, -0.25) is 4.79 Å². The van der Waals surface area contributed by atoms with Crippen molar-refractivity contribution in [3.8, 4) is 0 Å². The summed E-state index contributed by atoms with van der Waals surface area (Å²) in [5, 5.41) is 0. The van der Waals surface area contributed by atoms with Crippen LogP contribution in [0.25, 0.3) is 0 Å². The number of hydrogen-bond acceptors (Lipinski definition) is 4. The molecule has 0 heterocycles. The first-order valence-corrected chi connectivity index (χ1v) is 6.13. The molecule has 1 aliphatic carbocycles. The zero-order chi connectivity index (χ0) is 12.0. The van der Waals surface area contributed by atoms with E-state index in [1.807, 2.05) is 13.8 Å². The van der Waals surface area contributed by atoms with Crippen molar-refractivity contribution in [2.24, 2.45) is 11.7 Å². The Balaban J connectivity index is 2.14. The lowest BCUT2D eigenvalue weighted by molar-refractivity contribution is -0.151. The molecule has 1 fully saturated rings. The summed E-state index contributed by atoms with van der Waals surface area (Å²) >= 11 is 0. The molecule has 0 saturated heterocycles. The van der Waals surface area contributed by atoms with Crippen LogP contribution >= 0.6 is 0 Å². The molecule has 1 rings (SSSR count). The second-order valence-corrected chi connectivity index (χ2v) is 4.71. The molecule has 0 aliphatic heterocycles. The highest BCUT2D eigenvalue weighted by atomic mass is 16.6. The number of carbonyl (C=O) groups is 1. The van der Waals surface area contributed by atoms with Crippen LogP contribution in [0, 0.1) is 5.92 Å². The van der Waals surface area contributed by atoms with Crippen LogP contribution in [0.15, 0.2) is 0 Å². The number of hydrogen-bond donors (Lipinski definition) is 1. The van der Waals surface area contributed by atoms with E-state index in [0.717, 1.165) is 25.7 Å². The van der Waals surface area contributed by atoms with Gasteiger partial charge in [-0.1, -0.05) is 6.42 Å². The molecule has 0 radical (unpaired) electrons. The molecule has 16 heavy (non-hydrogen) atoms. The minimum atomic E-state index is -0.109. The maximum absolute atomic E-state index is 11.7. The quantitative estimate of drug-likeness (QED) is 0.573. The highest BCUT2D eigenvalue weighted by molar-refractivity contribution is 5.72. The van der Waals surface area contributed by atoms with Gasteiger partial charge in [-0.15, -0.1) is 0 Å². The lowest BCUT2D eigenvalue weighted by Crippen LogP contribution is -2.32. The molecule has 0 bridgehead atoms. The lowest BCUT2D eigenvalue weighted by Gasteiger charge is -2.24. The molecule has 2 unspecified atom stereocenters. The van der Waals surface area contributed by atoms with Crippen molar-refractivity contribution < 1.29 is 14.3 Å². The van der Waals surface area contributed by atoms with Gasteiger partial charge in [-0.2, -0.15) is 0 Å². The predicted octanol–water partition coefficient (Wildman–Crippen LogP) is 1.47. The van der Waals surface area contributed by atoms with E-state index in [0.29, 0.717) is 13.2 Å². The second kappa shape index (κ2) is 6.86. The van der Waals surface area contributed by atoms with E-state index in [4.69, 9.17) is 15.2 Å². The van der Waals surface area contributed by atoms with Crippen molar-refractivity contribution in [3.05, 3.63) is 0 Å². The standard InChI is InChI=1S/C12H23NO3/c1-9(2)15-6-7-16-12(14)10-4-3-5-11(13)8-10/h9-11H,3-8,13H2,1-2H3. The van der Waals surface area contributed by atoms with Gasteiger partial charge < -0.3 is 15.2 Å². The summed E-state index contributed by atoms with van der Waals surface area (Å²) in [6, 6.07) is 0.165. The van der Waals surface area contributed by atoms with E-state index in [-0.39, 0.29) is 24.0 Å². The molecule has 0 aromatic heterocycles. The predicted molar refractivity (Wildman–Crippen MR) is 62.0 cm³/mol. The Morgan fingerprint density at radius 2 is 2.12 bits per heavy atom. The Morgan fingerprint density at radius 3 is 2.75 bits per heavy atom. The Hall–Kier alpha value is -0.610. The third kappa shape index (κ3) is 4.94. The normalized spacial score (nSPS) is 25.8. The van der Waals surface area contributed by atoms with Gasteiger partial charge in [-0.25, -0.2) is 0 Å². The maximum atomic E-state index is 11.7. The van der Waals surface area contributed by atoms with E-state index < -0.39 is 0 Å². The first-order chi connectivity index (χ1) is 7.59. The van der Waals surface area contributed by atoms with E-state index >= 15 is 0 Å². The fourth-order valence-corrected chi connectivity index (χ4v) is 1.99. The van der Waals surface area contributed by atoms with Crippen LogP contribution in [0.3, 0.4) is 0 Å². The van der Waals surface area contributed by atoms with Gasteiger partial charge in [0.1, 0.15) is 6.61 Å². The Morgan fingerprint density at radius 1 is 1.38 bits per heavy atom. The smallest absolute Gasteiger partial charge is 0.309 e. The summed E-state index contributed by atoms with van der Waals surface area (Å²) in [7, 11) is 0. The molecular weight excluding hydrogens is 206 g/mol. The van der Waals surface area contributed by atoms with Gasteiger partial charge in [0.15, 0.2) is 0 Å². The molecule has 0 spiro atoms. The summed E-state index contributed by atoms with van der Waals surface area (Å²) in [6.07, 6.45) is 3.92. The van der Waals surface area contributed by atoms with Crippen molar-refractivity contribution in [1.29, 1.82) is 0 Å². The molecule has 0 aromatic rings. The third-order valence-corrected chi connectivity index (χ3v) is 2.83. The van der Waals surface area contributed by atoms with Gasteiger partial charge in [0, 0.05) is 6.04 Å². The molecule has 4 nitrogen and oxygen atoms in total. The van der Waals surface area contributed by atoms with Crippen molar-refractivity contribution in [2.75, 3.05) is 13.2 Å². The number of nitrogens with two attached hydrogens (primary N) is 1. The second-order valence-electron chi connectivity index (χ2n) is 4.71. The molecule has 94 valence electrons. The van der Waals surface area contributed by atoms with E-state index in [2.05, 4.69) is 0 Å². The first-order valence-electron chi connectivity index (χ1n) is 6.13.